The lowest BCUT2D eigenvalue weighted by molar-refractivity contribution is -0.133. The van der Waals surface area contributed by atoms with Crippen molar-refractivity contribution in [3.8, 4) is 0 Å². The predicted molar refractivity (Wildman–Crippen MR) is 86.3 cm³/mol. The molecular weight excluding hydrogens is 310 g/mol. The van der Waals surface area contributed by atoms with Crippen LogP contribution in [0, 0.1) is 5.92 Å². The largest absolute Gasteiger partial charge is 0.464 e. The predicted octanol–water partition coefficient (Wildman–Crippen LogP) is 0.830. The zero-order valence-electron chi connectivity index (χ0n) is 12.7. The highest BCUT2D eigenvalue weighted by molar-refractivity contribution is 6.47. The summed E-state index contributed by atoms with van der Waals surface area (Å²) in [6, 6.07) is 12.0. The topological polar surface area (TPSA) is 88.1 Å². The number of imide groups is 1. The Balaban J connectivity index is 1.81. The molecular formula is C17H13N3O4. The van der Waals surface area contributed by atoms with Crippen LogP contribution in [0.3, 0.4) is 0 Å². The van der Waals surface area contributed by atoms with Crippen LogP contribution >= 0.6 is 0 Å². The van der Waals surface area contributed by atoms with Gasteiger partial charge < -0.3 is 4.74 Å². The minimum atomic E-state index is -0.955. The van der Waals surface area contributed by atoms with Crippen LogP contribution in [0.4, 0.5) is 5.69 Å². The second-order valence-electron chi connectivity index (χ2n) is 5.58. The van der Waals surface area contributed by atoms with E-state index in [0.717, 1.165) is 15.7 Å². The molecule has 1 fully saturated rings. The fourth-order valence-electron chi connectivity index (χ4n) is 3.20. The molecule has 1 N–H and O–H groups in total. The smallest absolute Gasteiger partial charge is 0.355 e. The van der Waals surface area contributed by atoms with Crippen molar-refractivity contribution in [1.82, 2.24) is 5.43 Å². The molecule has 0 radical (unpaired) electrons. The fourth-order valence-corrected chi connectivity index (χ4v) is 3.20. The van der Waals surface area contributed by atoms with E-state index >= 15 is 0 Å². The molecule has 0 bridgehead atoms. The molecule has 2 heterocycles. The van der Waals surface area contributed by atoms with Gasteiger partial charge in [0.1, 0.15) is 12.0 Å². The van der Waals surface area contributed by atoms with E-state index < -0.39 is 29.7 Å². The van der Waals surface area contributed by atoms with E-state index in [2.05, 4.69) is 15.3 Å². The number of carbonyl (C=O) groups excluding carboxylic acids is 3. The molecule has 2 amide bonds. The number of hydrazone groups is 1. The SMILES string of the molecule is COC(=O)C1=NN[C@@H]2C(=O)N(c3cccc4ccccc34)C(=O)[C@H]12. The van der Waals surface area contributed by atoms with Crippen molar-refractivity contribution in [2.24, 2.45) is 11.0 Å². The zero-order valence-corrected chi connectivity index (χ0v) is 12.7. The average Bonchev–Trinajstić information content (AvgIpc) is 3.15. The Morgan fingerprint density at radius 1 is 1.12 bits per heavy atom. The molecule has 0 aliphatic carbocycles. The van der Waals surface area contributed by atoms with Gasteiger partial charge in [-0.2, -0.15) is 5.10 Å². The Labute approximate surface area is 136 Å². The van der Waals surface area contributed by atoms with Crippen molar-refractivity contribution in [1.29, 1.82) is 0 Å². The Kier molecular flexibility index (Phi) is 3.09. The van der Waals surface area contributed by atoms with Crippen molar-refractivity contribution in [3.63, 3.8) is 0 Å². The minimum Gasteiger partial charge on any atom is -0.464 e. The highest BCUT2D eigenvalue weighted by atomic mass is 16.5. The van der Waals surface area contributed by atoms with Gasteiger partial charge >= 0.3 is 5.97 Å². The van der Waals surface area contributed by atoms with Gasteiger partial charge in [-0.15, -0.1) is 0 Å². The number of amides is 2. The number of anilines is 1. The van der Waals surface area contributed by atoms with E-state index in [9.17, 15) is 14.4 Å². The first kappa shape index (κ1) is 14.4. The summed E-state index contributed by atoms with van der Waals surface area (Å²) in [7, 11) is 1.21. The third-order valence-electron chi connectivity index (χ3n) is 4.33. The summed E-state index contributed by atoms with van der Waals surface area (Å²) in [6.07, 6.45) is 0. The molecule has 2 aromatic carbocycles. The lowest BCUT2D eigenvalue weighted by atomic mass is 9.99. The summed E-state index contributed by atoms with van der Waals surface area (Å²) >= 11 is 0. The number of methoxy groups -OCH3 is 1. The summed E-state index contributed by atoms with van der Waals surface area (Å²) < 4.78 is 4.65. The maximum absolute atomic E-state index is 12.8. The second-order valence-corrected chi connectivity index (χ2v) is 5.58. The maximum atomic E-state index is 12.8. The van der Waals surface area contributed by atoms with E-state index in [-0.39, 0.29) is 5.71 Å². The highest BCUT2D eigenvalue weighted by Crippen LogP contribution is 2.34. The van der Waals surface area contributed by atoms with E-state index in [4.69, 9.17) is 0 Å². The van der Waals surface area contributed by atoms with E-state index in [1.54, 1.807) is 12.1 Å². The first-order valence-electron chi connectivity index (χ1n) is 7.40. The molecule has 0 unspecified atom stereocenters. The van der Waals surface area contributed by atoms with Crippen LogP contribution in [0.15, 0.2) is 47.6 Å². The molecule has 24 heavy (non-hydrogen) atoms. The molecule has 0 saturated carbocycles. The van der Waals surface area contributed by atoms with Gasteiger partial charge in [0, 0.05) is 5.39 Å². The van der Waals surface area contributed by atoms with Gasteiger partial charge in [0.25, 0.3) is 5.91 Å². The molecule has 120 valence electrons. The van der Waals surface area contributed by atoms with Gasteiger partial charge in [-0.25, -0.2) is 9.69 Å². The quantitative estimate of drug-likeness (QED) is 0.653. The molecule has 2 aromatic rings. The Hall–Kier alpha value is -3.22. The second kappa shape index (κ2) is 5.16. The number of hydrogen-bond donors (Lipinski definition) is 1. The standard InChI is InChI=1S/C17H13N3O4/c1-24-17(23)14-12-13(18-19-14)16(22)20(15(12)21)11-8-4-6-9-5-2-3-7-10(9)11/h2-8,12-13,18H,1H3/t12-,13-/m0/s1. The third kappa shape index (κ3) is 1.84. The summed E-state index contributed by atoms with van der Waals surface area (Å²) in [5.41, 5.74) is 3.02. The number of nitrogens with zero attached hydrogens (tertiary/aromatic N) is 2. The van der Waals surface area contributed by atoms with Gasteiger partial charge in [-0.1, -0.05) is 36.4 Å². The number of esters is 1. The lowest BCUT2D eigenvalue weighted by Gasteiger charge is -2.17. The monoisotopic (exact) mass is 323 g/mol. The Bertz CT molecular complexity index is 916. The molecule has 1 saturated heterocycles. The average molecular weight is 323 g/mol. The minimum absolute atomic E-state index is 0.0661. The zero-order chi connectivity index (χ0) is 16.8. The summed E-state index contributed by atoms with van der Waals surface area (Å²) in [6.45, 7) is 0. The molecule has 2 aliphatic rings. The Morgan fingerprint density at radius 3 is 2.67 bits per heavy atom. The van der Waals surface area contributed by atoms with E-state index in [1.165, 1.54) is 7.11 Å². The fraction of sp³-hybridized carbons (Fsp3) is 0.176. The molecule has 2 atom stereocenters. The number of hydrogen-bond acceptors (Lipinski definition) is 6. The van der Waals surface area contributed by atoms with Crippen LogP contribution in [0.5, 0.6) is 0 Å². The number of nitrogens with one attached hydrogen (secondary N) is 1. The van der Waals surface area contributed by atoms with Gasteiger partial charge in [-0.05, 0) is 11.5 Å². The molecule has 0 aromatic heterocycles. The molecule has 7 heteroatoms. The number of carbonyl (C=O) groups is 3. The first-order chi connectivity index (χ1) is 11.6. The van der Waals surface area contributed by atoms with Crippen LogP contribution in [-0.4, -0.2) is 36.6 Å². The van der Waals surface area contributed by atoms with Crippen LogP contribution < -0.4 is 10.3 Å². The van der Waals surface area contributed by atoms with Crippen LogP contribution in [-0.2, 0) is 19.1 Å². The van der Waals surface area contributed by atoms with Gasteiger partial charge in [0.05, 0.1) is 12.8 Å². The molecule has 7 nitrogen and oxygen atoms in total. The van der Waals surface area contributed by atoms with E-state index in [1.807, 2.05) is 30.3 Å². The summed E-state index contributed by atoms with van der Waals surface area (Å²) in [4.78, 5) is 38.5. The van der Waals surface area contributed by atoms with Gasteiger partial charge in [-0.3, -0.25) is 15.0 Å². The van der Waals surface area contributed by atoms with Crippen molar-refractivity contribution in [2.45, 2.75) is 6.04 Å². The van der Waals surface area contributed by atoms with Crippen molar-refractivity contribution in [3.05, 3.63) is 42.5 Å². The maximum Gasteiger partial charge on any atom is 0.355 e. The van der Waals surface area contributed by atoms with E-state index in [0.29, 0.717) is 5.69 Å². The van der Waals surface area contributed by atoms with Crippen LogP contribution in [0.2, 0.25) is 0 Å². The molecule has 2 aliphatic heterocycles. The third-order valence-corrected chi connectivity index (χ3v) is 4.33. The number of rotatable bonds is 2. The number of ether oxygens (including phenoxy) is 1. The van der Waals surface area contributed by atoms with Crippen molar-refractivity contribution in [2.75, 3.05) is 12.0 Å². The summed E-state index contributed by atoms with van der Waals surface area (Å²) in [5.74, 6) is -2.57. The lowest BCUT2D eigenvalue weighted by Crippen LogP contribution is -2.36. The molecule has 4 rings (SSSR count). The Morgan fingerprint density at radius 2 is 1.88 bits per heavy atom. The normalized spacial score (nSPS) is 22.4. The highest BCUT2D eigenvalue weighted by Gasteiger charge is 2.55. The summed E-state index contributed by atoms with van der Waals surface area (Å²) in [5, 5.41) is 5.52. The molecule has 0 spiro atoms. The number of fused-ring (bicyclic) bond motifs is 2. The van der Waals surface area contributed by atoms with Crippen molar-refractivity contribution < 1.29 is 19.1 Å². The van der Waals surface area contributed by atoms with Crippen molar-refractivity contribution >= 4 is 40.0 Å². The van der Waals surface area contributed by atoms with Gasteiger partial charge in [0.2, 0.25) is 5.91 Å². The van der Waals surface area contributed by atoms with Gasteiger partial charge in [0.15, 0.2) is 5.71 Å². The van der Waals surface area contributed by atoms with Crippen LogP contribution in [0.25, 0.3) is 10.8 Å². The first-order valence-corrected chi connectivity index (χ1v) is 7.40. The number of benzene rings is 2. The van der Waals surface area contributed by atoms with Crippen LogP contribution in [0.1, 0.15) is 0 Å².